The van der Waals surface area contributed by atoms with Crippen LogP contribution in [0.1, 0.15) is 39.5 Å². The third-order valence-electron chi connectivity index (χ3n) is 3.96. The Hall–Kier alpha value is -1.80. The van der Waals surface area contributed by atoms with Crippen molar-refractivity contribution in [3.63, 3.8) is 0 Å². The van der Waals surface area contributed by atoms with Crippen molar-refractivity contribution >= 4 is 11.9 Å². The molecule has 0 bridgehead atoms. The number of methoxy groups -OCH3 is 2. The van der Waals surface area contributed by atoms with Gasteiger partial charge in [0.15, 0.2) is 5.41 Å². The zero-order valence-electron chi connectivity index (χ0n) is 13.3. The number of allylic oxidation sites excluding steroid dienone is 2. The summed E-state index contributed by atoms with van der Waals surface area (Å²) in [5.74, 6) is -1.45. The first-order valence-corrected chi connectivity index (χ1v) is 7.29. The molecule has 1 rings (SSSR count). The van der Waals surface area contributed by atoms with Gasteiger partial charge >= 0.3 is 11.9 Å². The number of rotatable bonds is 5. The van der Waals surface area contributed by atoms with E-state index >= 15 is 0 Å². The van der Waals surface area contributed by atoms with E-state index in [2.05, 4.69) is 5.73 Å². The molecule has 0 heterocycles. The van der Waals surface area contributed by atoms with E-state index in [-0.39, 0.29) is 5.92 Å². The Morgan fingerprint density at radius 1 is 1.33 bits per heavy atom. The highest BCUT2D eigenvalue weighted by molar-refractivity contribution is 6.03. The average molecular weight is 292 g/mol. The molecule has 1 unspecified atom stereocenters. The molecule has 0 spiro atoms. The predicted molar refractivity (Wildman–Crippen MR) is 80.5 cm³/mol. The minimum absolute atomic E-state index is 0.261. The standard InChI is InChI=1S/C17H24O4/c1-5-13(2)11-12-17(15(18)20-3,16(19)21-4)14-9-7-6-8-10-14/h7,9,12,14H,5-6,8,10H2,1-4H3. The molecule has 0 aliphatic heterocycles. The van der Waals surface area contributed by atoms with E-state index in [1.54, 1.807) is 0 Å². The van der Waals surface area contributed by atoms with Crippen LogP contribution in [0.4, 0.5) is 0 Å². The zero-order chi connectivity index (χ0) is 15.9. The van der Waals surface area contributed by atoms with Crippen molar-refractivity contribution in [2.45, 2.75) is 39.5 Å². The van der Waals surface area contributed by atoms with Crippen LogP contribution in [0.2, 0.25) is 0 Å². The minimum Gasteiger partial charge on any atom is -0.468 e. The third-order valence-corrected chi connectivity index (χ3v) is 3.96. The van der Waals surface area contributed by atoms with Crippen LogP contribution in [-0.2, 0) is 19.1 Å². The summed E-state index contributed by atoms with van der Waals surface area (Å²) in [6, 6.07) is 0. The molecule has 0 fully saturated rings. The SMILES string of the molecule is CCC(C)=C=CC(C(=O)OC)(C(=O)OC)C1C=CCCC1. The van der Waals surface area contributed by atoms with Gasteiger partial charge in [-0.05, 0) is 44.3 Å². The van der Waals surface area contributed by atoms with Crippen molar-refractivity contribution in [2.75, 3.05) is 14.2 Å². The predicted octanol–water partition coefficient (Wildman–Crippen LogP) is 3.19. The van der Waals surface area contributed by atoms with Crippen LogP contribution < -0.4 is 0 Å². The van der Waals surface area contributed by atoms with Crippen LogP contribution in [0.3, 0.4) is 0 Å². The second kappa shape index (κ2) is 7.84. The first-order chi connectivity index (χ1) is 10.0. The molecule has 0 aromatic rings. The van der Waals surface area contributed by atoms with Crippen LogP contribution in [0.25, 0.3) is 0 Å². The molecule has 116 valence electrons. The van der Waals surface area contributed by atoms with Gasteiger partial charge in [0.1, 0.15) is 0 Å². The molecule has 0 saturated carbocycles. The van der Waals surface area contributed by atoms with E-state index in [9.17, 15) is 9.59 Å². The van der Waals surface area contributed by atoms with Gasteiger partial charge in [-0.15, -0.1) is 5.73 Å². The Morgan fingerprint density at radius 2 is 1.95 bits per heavy atom. The van der Waals surface area contributed by atoms with E-state index in [1.807, 2.05) is 26.0 Å². The molecular weight excluding hydrogens is 268 g/mol. The molecule has 1 aliphatic rings. The van der Waals surface area contributed by atoms with Gasteiger partial charge in [-0.2, -0.15) is 0 Å². The topological polar surface area (TPSA) is 52.6 Å². The first-order valence-electron chi connectivity index (χ1n) is 7.29. The largest absolute Gasteiger partial charge is 0.468 e. The van der Waals surface area contributed by atoms with E-state index in [1.165, 1.54) is 20.3 Å². The molecule has 4 nitrogen and oxygen atoms in total. The summed E-state index contributed by atoms with van der Waals surface area (Å²) in [6.07, 6.45) is 8.88. The summed E-state index contributed by atoms with van der Waals surface area (Å²) in [7, 11) is 2.58. The van der Waals surface area contributed by atoms with Gasteiger partial charge < -0.3 is 9.47 Å². The fourth-order valence-corrected chi connectivity index (χ4v) is 2.48. The van der Waals surface area contributed by atoms with Crippen molar-refractivity contribution in [2.24, 2.45) is 11.3 Å². The average Bonchev–Trinajstić information content (AvgIpc) is 2.55. The van der Waals surface area contributed by atoms with Crippen LogP contribution in [0.15, 0.2) is 29.5 Å². The summed E-state index contributed by atoms with van der Waals surface area (Å²) >= 11 is 0. The maximum absolute atomic E-state index is 12.4. The zero-order valence-corrected chi connectivity index (χ0v) is 13.3. The van der Waals surface area contributed by atoms with Crippen molar-refractivity contribution in [1.82, 2.24) is 0 Å². The first kappa shape index (κ1) is 17.3. The van der Waals surface area contributed by atoms with Crippen molar-refractivity contribution in [3.05, 3.63) is 29.5 Å². The molecule has 0 amide bonds. The quantitative estimate of drug-likeness (QED) is 0.338. The van der Waals surface area contributed by atoms with E-state index < -0.39 is 17.4 Å². The number of ether oxygens (including phenoxy) is 2. The van der Waals surface area contributed by atoms with Crippen LogP contribution in [0.5, 0.6) is 0 Å². The lowest BCUT2D eigenvalue weighted by Gasteiger charge is -2.32. The molecule has 1 aliphatic carbocycles. The van der Waals surface area contributed by atoms with Gasteiger partial charge in [0.2, 0.25) is 0 Å². The lowest BCUT2D eigenvalue weighted by atomic mass is 9.71. The minimum atomic E-state index is -1.45. The van der Waals surface area contributed by atoms with Gasteiger partial charge in [-0.25, -0.2) is 0 Å². The van der Waals surface area contributed by atoms with E-state index in [0.29, 0.717) is 0 Å². The van der Waals surface area contributed by atoms with E-state index in [0.717, 1.165) is 31.3 Å². The van der Waals surface area contributed by atoms with Crippen LogP contribution in [0, 0.1) is 11.3 Å². The van der Waals surface area contributed by atoms with Gasteiger partial charge in [-0.3, -0.25) is 9.59 Å². The number of hydrogen-bond donors (Lipinski definition) is 0. The molecule has 4 heteroatoms. The Labute approximate surface area is 126 Å². The Kier molecular flexibility index (Phi) is 6.44. The van der Waals surface area contributed by atoms with Gasteiger partial charge in [0, 0.05) is 5.92 Å². The molecule has 0 radical (unpaired) electrons. The number of carbonyl (C=O) groups is 2. The second-order valence-electron chi connectivity index (χ2n) is 5.24. The van der Waals surface area contributed by atoms with Crippen LogP contribution in [-0.4, -0.2) is 26.2 Å². The fourth-order valence-electron chi connectivity index (χ4n) is 2.48. The van der Waals surface area contributed by atoms with Gasteiger partial charge in [-0.1, -0.05) is 19.1 Å². The third kappa shape index (κ3) is 3.64. The lowest BCUT2D eigenvalue weighted by Crippen LogP contribution is -2.45. The van der Waals surface area contributed by atoms with Gasteiger partial charge in [0.05, 0.1) is 14.2 Å². The summed E-state index contributed by atoms with van der Waals surface area (Å²) in [4.78, 5) is 24.8. The maximum Gasteiger partial charge on any atom is 0.328 e. The lowest BCUT2D eigenvalue weighted by molar-refractivity contribution is -0.168. The molecule has 0 aromatic carbocycles. The molecule has 0 N–H and O–H groups in total. The number of esters is 2. The Bertz CT molecular complexity index is 465. The molecule has 1 atom stereocenters. The highest BCUT2D eigenvalue weighted by Gasteiger charge is 2.52. The fraction of sp³-hybridized carbons (Fsp3) is 0.588. The monoisotopic (exact) mass is 292 g/mol. The van der Waals surface area contributed by atoms with E-state index in [4.69, 9.17) is 9.47 Å². The van der Waals surface area contributed by atoms with Crippen molar-refractivity contribution < 1.29 is 19.1 Å². The normalized spacial score (nSPS) is 17.6. The number of carbonyl (C=O) groups excluding carboxylic acids is 2. The Balaban J connectivity index is 3.44. The summed E-state index contributed by atoms with van der Waals surface area (Å²) in [5.41, 5.74) is 2.57. The highest BCUT2D eigenvalue weighted by atomic mass is 16.5. The molecule has 0 aromatic heterocycles. The smallest absolute Gasteiger partial charge is 0.328 e. The maximum atomic E-state index is 12.4. The highest BCUT2D eigenvalue weighted by Crippen LogP contribution is 2.39. The molecule has 21 heavy (non-hydrogen) atoms. The van der Waals surface area contributed by atoms with Crippen LogP contribution >= 0.6 is 0 Å². The van der Waals surface area contributed by atoms with Crippen molar-refractivity contribution in [3.8, 4) is 0 Å². The summed E-state index contributed by atoms with van der Waals surface area (Å²) in [5, 5.41) is 0. The summed E-state index contributed by atoms with van der Waals surface area (Å²) < 4.78 is 9.81. The Morgan fingerprint density at radius 3 is 2.38 bits per heavy atom. The van der Waals surface area contributed by atoms with Gasteiger partial charge in [0.25, 0.3) is 0 Å². The summed E-state index contributed by atoms with van der Waals surface area (Å²) in [6.45, 7) is 3.90. The second-order valence-corrected chi connectivity index (χ2v) is 5.24. The number of hydrogen-bond acceptors (Lipinski definition) is 4. The molecular formula is C17H24O4. The van der Waals surface area contributed by atoms with Crippen molar-refractivity contribution in [1.29, 1.82) is 0 Å². The molecule has 0 saturated heterocycles.